The minimum Gasteiger partial charge on any atom is -0.302 e. The highest BCUT2D eigenvalue weighted by atomic mass is 35.5. The lowest BCUT2D eigenvalue weighted by atomic mass is 10.1. The first kappa shape index (κ1) is 21.2. The number of benzene rings is 2. The SMILES string of the molecule is CN1C(=O)C(=Cc2ccc(N(c3ccccc3)c3ccc(Cl)cc3)s2)C(=O)N(C)C1=S. The van der Waals surface area contributed by atoms with Crippen molar-refractivity contribution in [2.45, 2.75) is 0 Å². The number of thiocarbonyl (C=S) groups is 1. The summed E-state index contributed by atoms with van der Waals surface area (Å²) in [5, 5.41) is 1.79. The number of nitrogens with zero attached hydrogens (tertiary/aromatic N) is 3. The summed E-state index contributed by atoms with van der Waals surface area (Å²) in [4.78, 5) is 30.7. The fourth-order valence-electron chi connectivity index (χ4n) is 3.23. The van der Waals surface area contributed by atoms with E-state index in [0.717, 1.165) is 21.3 Å². The summed E-state index contributed by atoms with van der Waals surface area (Å²) in [5.74, 6) is -0.804. The smallest absolute Gasteiger partial charge is 0.265 e. The molecular weight excluding hydrogens is 450 g/mol. The third kappa shape index (κ3) is 4.12. The summed E-state index contributed by atoms with van der Waals surface area (Å²) < 4.78 is 0. The van der Waals surface area contributed by atoms with Gasteiger partial charge in [-0.2, -0.15) is 0 Å². The van der Waals surface area contributed by atoms with Crippen LogP contribution in [0.1, 0.15) is 4.88 Å². The van der Waals surface area contributed by atoms with Crippen molar-refractivity contribution in [3.05, 3.63) is 82.2 Å². The van der Waals surface area contributed by atoms with E-state index >= 15 is 0 Å². The molecule has 0 bridgehead atoms. The Morgan fingerprint density at radius 3 is 2.06 bits per heavy atom. The van der Waals surface area contributed by atoms with Gasteiger partial charge in [-0.05, 0) is 66.8 Å². The molecule has 1 aliphatic rings. The monoisotopic (exact) mass is 467 g/mol. The summed E-state index contributed by atoms with van der Waals surface area (Å²) in [6, 6.07) is 21.4. The molecule has 3 aromatic rings. The fraction of sp³-hybridized carbons (Fsp3) is 0.0870. The van der Waals surface area contributed by atoms with Crippen LogP contribution in [0.15, 0.2) is 72.3 Å². The first-order valence-electron chi connectivity index (χ1n) is 9.39. The van der Waals surface area contributed by atoms with Crippen LogP contribution < -0.4 is 4.90 Å². The van der Waals surface area contributed by atoms with Crippen LogP contribution in [0.5, 0.6) is 0 Å². The Bertz CT molecular complexity index is 1160. The van der Waals surface area contributed by atoms with E-state index in [9.17, 15) is 9.59 Å². The predicted octanol–water partition coefficient (Wildman–Crippen LogP) is 5.47. The molecule has 0 unspecified atom stereocenters. The molecule has 2 amide bonds. The first-order valence-corrected chi connectivity index (χ1v) is 11.0. The molecule has 0 aliphatic carbocycles. The van der Waals surface area contributed by atoms with Gasteiger partial charge in [-0.15, -0.1) is 11.3 Å². The van der Waals surface area contributed by atoms with Gasteiger partial charge in [0.15, 0.2) is 5.11 Å². The lowest BCUT2D eigenvalue weighted by Gasteiger charge is -2.31. The first-order chi connectivity index (χ1) is 14.9. The molecule has 2 aromatic carbocycles. The molecule has 0 spiro atoms. The Hall–Kier alpha value is -3.00. The lowest BCUT2D eigenvalue weighted by molar-refractivity contribution is -0.132. The average molecular weight is 468 g/mol. The highest BCUT2D eigenvalue weighted by Crippen LogP contribution is 2.39. The molecule has 5 nitrogen and oxygen atoms in total. The molecule has 2 heterocycles. The topological polar surface area (TPSA) is 43.9 Å². The van der Waals surface area contributed by atoms with Crippen molar-refractivity contribution in [1.29, 1.82) is 0 Å². The van der Waals surface area contributed by atoms with Gasteiger partial charge in [-0.3, -0.25) is 19.4 Å². The van der Waals surface area contributed by atoms with Crippen molar-refractivity contribution in [3.8, 4) is 0 Å². The molecule has 0 N–H and O–H groups in total. The lowest BCUT2D eigenvalue weighted by Crippen LogP contribution is -2.52. The zero-order valence-corrected chi connectivity index (χ0v) is 19.2. The van der Waals surface area contributed by atoms with Gasteiger partial charge >= 0.3 is 0 Å². The second kappa shape index (κ2) is 8.63. The average Bonchev–Trinajstić information content (AvgIpc) is 3.24. The quantitative estimate of drug-likeness (QED) is 0.290. The van der Waals surface area contributed by atoms with Crippen LogP contribution in [0.4, 0.5) is 16.4 Å². The number of halogens is 1. The third-order valence-electron chi connectivity index (χ3n) is 4.86. The van der Waals surface area contributed by atoms with Gasteiger partial charge in [0, 0.05) is 35.4 Å². The number of carbonyl (C=O) groups excluding carboxylic acids is 2. The van der Waals surface area contributed by atoms with E-state index in [1.165, 1.54) is 21.1 Å². The second-order valence-electron chi connectivity index (χ2n) is 6.89. The molecule has 1 saturated heterocycles. The van der Waals surface area contributed by atoms with Gasteiger partial charge in [-0.25, -0.2) is 0 Å². The minimum absolute atomic E-state index is 0.0877. The van der Waals surface area contributed by atoms with Gasteiger partial charge < -0.3 is 4.90 Å². The Morgan fingerprint density at radius 1 is 0.871 bits per heavy atom. The minimum atomic E-state index is -0.402. The molecule has 8 heteroatoms. The van der Waals surface area contributed by atoms with Crippen LogP contribution in [-0.4, -0.2) is 40.8 Å². The van der Waals surface area contributed by atoms with Crippen LogP contribution in [-0.2, 0) is 9.59 Å². The molecule has 0 radical (unpaired) electrons. The van der Waals surface area contributed by atoms with Gasteiger partial charge in [0.25, 0.3) is 11.8 Å². The van der Waals surface area contributed by atoms with E-state index in [0.29, 0.717) is 5.02 Å². The van der Waals surface area contributed by atoms with Gasteiger partial charge in [0.2, 0.25) is 0 Å². The second-order valence-corrected chi connectivity index (χ2v) is 8.79. The van der Waals surface area contributed by atoms with Crippen molar-refractivity contribution in [2.75, 3.05) is 19.0 Å². The van der Waals surface area contributed by atoms with Crippen LogP contribution in [0.2, 0.25) is 5.02 Å². The standard InChI is InChI=1S/C23H18ClN3O2S2/c1-25-21(28)19(22(29)26(2)23(25)30)14-18-12-13-20(31-18)27(16-6-4-3-5-7-16)17-10-8-15(24)9-11-17/h3-14H,1-2H3. The number of thiophene rings is 1. The maximum atomic E-state index is 12.6. The number of carbonyl (C=O) groups is 2. The van der Waals surface area contributed by atoms with Gasteiger partial charge in [0.05, 0.1) is 0 Å². The van der Waals surface area contributed by atoms with E-state index in [1.54, 1.807) is 20.2 Å². The summed E-state index contributed by atoms with van der Waals surface area (Å²) in [5.41, 5.74) is 2.02. The molecule has 0 saturated carbocycles. The molecule has 1 aliphatic heterocycles. The van der Waals surface area contributed by atoms with Crippen molar-refractivity contribution in [3.63, 3.8) is 0 Å². The third-order valence-corrected chi connectivity index (χ3v) is 6.68. The fourth-order valence-corrected chi connectivity index (χ4v) is 4.51. The van der Waals surface area contributed by atoms with E-state index in [4.69, 9.17) is 23.8 Å². The van der Waals surface area contributed by atoms with Crippen molar-refractivity contribution >= 4 is 74.5 Å². The van der Waals surface area contributed by atoms with Crippen molar-refractivity contribution in [2.24, 2.45) is 0 Å². The summed E-state index contributed by atoms with van der Waals surface area (Å²) in [6.07, 6.45) is 1.62. The maximum Gasteiger partial charge on any atom is 0.265 e. The Labute approximate surface area is 194 Å². The van der Waals surface area contributed by atoms with Crippen LogP contribution in [0.25, 0.3) is 6.08 Å². The molecule has 31 heavy (non-hydrogen) atoms. The molecule has 0 atom stereocenters. The summed E-state index contributed by atoms with van der Waals surface area (Å²) in [7, 11) is 3.14. The summed E-state index contributed by atoms with van der Waals surface area (Å²) in [6.45, 7) is 0. The van der Waals surface area contributed by atoms with Gasteiger partial charge in [-0.1, -0.05) is 29.8 Å². The van der Waals surface area contributed by atoms with E-state index in [2.05, 4.69) is 4.90 Å². The molecular formula is C23H18ClN3O2S2. The van der Waals surface area contributed by atoms with Crippen molar-refractivity contribution < 1.29 is 9.59 Å². The van der Waals surface area contributed by atoms with Crippen LogP contribution in [0.3, 0.4) is 0 Å². The Kier molecular flexibility index (Phi) is 5.91. The maximum absolute atomic E-state index is 12.6. The Morgan fingerprint density at radius 2 is 1.45 bits per heavy atom. The predicted molar refractivity (Wildman–Crippen MR) is 130 cm³/mol. The highest BCUT2D eigenvalue weighted by Gasteiger charge is 2.35. The molecule has 4 rings (SSSR count). The zero-order valence-electron chi connectivity index (χ0n) is 16.8. The molecule has 1 aromatic heterocycles. The number of rotatable bonds is 4. The number of likely N-dealkylation sites (N-methyl/N-ethyl adjacent to an activating group) is 2. The highest BCUT2D eigenvalue weighted by molar-refractivity contribution is 7.80. The van der Waals surface area contributed by atoms with Crippen LogP contribution in [0, 0.1) is 0 Å². The number of para-hydroxylation sites is 1. The Balaban J connectivity index is 1.74. The summed E-state index contributed by atoms with van der Waals surface area (Å²) >= 11 is 12.7. The van der Waals surface area contributed by atoms with E-state index in [-0.39, 0.29) is 10.7 Å². The number of amides is 2. The zero-order chi connectivity index (χ0) is 22.1. The van der Waals surface area contributed by atoms with E-state index < -0.39 is 11.8 Å². The van der Waals surface area contributed by atoms with Gasteiger partial charge in [0.1, 0.15) is 10.6 Å². The van der Waals surface area contributed by atoms with Crippen LogP contribution >= 0.6 is 35.2 Å². The van der Waals surface area contributed by atoms with E-state index in [1.807, 2.05) is 66.7 Å². The number of anilines is 3. The normalized spacial score (nSPS) is 14.3. The van der Waals surface area contributed by atoms with Crippen molar-refractivity contribution in [1.82, 2.24) is 9.80 Å². The molecule has 156 valence electrons. The molecule has 1 fully saturated rings. The largest absolute Gasteiger partial charge is 0.302 e. The number of hydrogen-bond acceptors (Lipinski definition) is 5. The number of hydrogen-bond donors (Lipinski definition) is 0.